The summed E-state index contributed by atoms with van der Waals surface area (Å²) in [5.41, 5.74) is 2.22. The minimum atomic E-state index is -0.459. The van der Waals surface area contributed by atoms with Crippen molar-refractivity contribution in [2.75, 3.05) is 16.9 Å². The Morgan fingerprint density at radius 1 is 1.10 bits per heavy atom. The van der Waals surface area contributed by atoms with Gasteiger partial charge >= 0.3 is 0 Å². The minimum Gasteiger partial charge on any atom is -0.334 e. The molecule has 0 saturated carbocycles. The van der Waals surface area contributed by atoms with E-state index in [4.69, 9.17) is 0 Å². The second kappa shape index (κ2) is 6.38. The molecule has 0 bridgehead atoms. The second-order valence-corrected chi connectivity index (χ2v) is 7.55. The van der Waals surface area contributed by atoms with E-state index < -0.39 is 4.92 Å². The maximum absolute atomic E-state index is 13.1. The number of anilines is 2. The van der Waals surface area contributed by atoms with Gasteiger partial charge in [0, 0.05) is 29.1 Å². The molecule has 0 spiro atoms. The summed E-state index contributed by atoms with van der Waals surface area (Å²) in [4.78, 5) is 42.8. The summed E-state index contributed by atoms with van der Waals surface area (Å²) in [6.07, 6.45) is 0. The van der Waals surface area contributed by atoms with Crippen LogP contribution in [-0.4, -0.2) is 22.1 Å². The Morgan fingerprint density at radius 3 is 2.62 bits per heavy atom. The van der Waals surface area contributed by atoms with Gasteiger partial charge in [-0.2, -0.15) is 0 Å². The van der Waals surface area contributed by atoms with E-state index in [0.29, 0.717) is 32.8 Å². The number of rotatable bonds is 2. The highest BCUT2D eigenvalue weighted by atomic mass is 32.1. The molecule has 2 aliphatic heterocycles. The predicted molar refractivity (Wildman–Crippen MR) is 107 cm³/mol. The smallest absolute Gasteiger partial charge is 0.272 e. The first-order valence-corrected chi connectivity index (χ1v) is 9.53. The van der Waals surface area contributed by atoms with Crippen molar-refractivity contribution in [2.24, 2.45) is 4.99 Å². The van der Waals surface area contributed by atoms with E-state index in [0.717, 1.165) is 5.69 Å². The molecule has 0 unspecified atom stereocenters. The van der Waals surface area contributed by atoms with Crippen LogP contribution in [0, 0.1) is 10.1 Å². The zero-order chi connectivity index (χ0) is 20.1. The van der Waals surface area contributed by atoms with Gasteiger partial charge in [-0.3, -0.25) is 24.3 Å². The molecular formula is C19H13N5O4S. The fourth-order valence-electron chi connectivity index (χ4n) is 3.45. The molecule has 1 N–H and O–H groups in total. The number of nitrogens with one attached hydrogen (secondary N) is 1. The first kappa shape index (κ1) is 17.3. The van der Waals surface area contributed by atoms with E-state index in [9.17, 15) is 19.7 Å². The van der Waals surface area contributed by atoms with Crippen molar-refractivity contribution in [3.63, 3.8) is 0 Å². The molecule has 29 heavy (non-hydrogen) atoms. The third kappa shape index (κ3) is 2.72. The van der Waals surface area contributed by atoms with Crippen LogP contribution < -0.4 is 25.1 Å². The maximum Gasteiger partial charge on any atom is 0.272 e. The van der Waals surface area contributed by atoms with Crippen molar-refractivity contribution in [3.05, 3.63) is 83.9 Å². The summed E-state index contributed by atoms with van der Waals surface area (Å²) in [5.74, 6) is -0.297. The van der Waals surface area contributed by atoms with E-state index >= 15 is 0 Å². The van der Waals surface area contributed by atoms with Gasteiger partial charge in [-0.25, -0.2) is 4.99 Å². The Labute approximate surface area is 167 Å². The largest absolute Gasteiger partial charge is 0.334 e. The molecule has 10 heteroatoms. The van der Waals surface area contributed by atoms with Gasteiger partial charge in [0.15, 0.2) is 4.80 Å². The average molecular weight is 407 g/mol. The summed E-state index contributed by atoms with van der Waals surface area (Å²) >= 11 is 1.20. The Morgan fingerprint density at radius 2 is 1.86 bits per heavy atom. The number of carbonyl (C=O) groups is 1. The van der Waals surface area contributed by atoms with Crippen LogP contribution in [0.2, 0.25) is 0 Å². The topological polar surface area (TPSA) is 110 Å². The van der Waals surface area contributed by atoms with Crippen LogP contribution in [0.3, 0.4) is 0 Å². The number of non-ortho nitro benzene ring substituents is 1. The molecule has 1 aromatic heterocycles. The molecule has 0 fully saturated rings. The third-order valence-electron chi connectivity index (χ3n) is 4.88. The van der Waals surface area contributed by atoms with Crippen LogP contribution in [-0.2, 0) is 11.5 Å². The summed E-state index contributed by atoms with van der Waals surface area (Å²) in [6, 6.07) is 13.4. The van der Waals surface area contributed by atoms with E-state index in [1.807, 2.05) is 23.1 Å². The highest BCUT2D eigenvalue weighted by molar-refractivity contribution is 7.07. The molecule has 3 aromatic rings. The van der Waals surface area contributed by atoms with Gasteiger partial charge in [0.25, 0.3) is 17.2 Å². The lowest BCUT2D eigenvalue weighted by Gasteiger charge is -2.25. The lowest BCUT2D eigenvalue weighted by molar-refractivity contribution is -0.384. The monoisotopic (exact) mass is 407 g/mol. The number of nitro benzene ring substituents is 1. The van der Waals surface area contributed by atoms with Crippen LogP contribution >= 0.6 is 11.3 Å². The fraction of sp³-hybridized carbons (Fsp3) is 0.105. The van der Waals surface area contributed by atoms with Crippen LogP contribution in [0.5, 0.6) is 0 Å². The summed E-state index contributed by atoms with van der Waals surface area (Å²) in [6.45, 7) is 0.567. The van der Waals surface area contributed by atoms with Crippen molar-refractivity contribution in [2.45, 2.75) is 6.67 Å². The van der Waals surface area contributed by atoms with E-state index in [1.54, 1.807) is 18.2 Å². The average Bonchev–Trinajstić information content (AvgIpc) is 3.23. The van der Waals surface area contributed by atoms with Crippen molar-refractivity contribution in [3.8, 4) is 0 Å². The Kier molecular flexibility index (Phi) is 3.81. The van der Waals surface area contributed by atoms with Crippen LogP contribution in [0.1, 0.15) is 5.56 Å². The number of para-hydroxylation sites is 1. The second-order valence-electron chi connectivity index (χ2n) is 6.58. The number of carbonyl (C=O) groups excluding carboxylic acids is 1. The Bertz CT molecular complexity index is 1360. The van der Waals surface area contributed by atoms with Gasteiger partial charge < -0.3 is 10.2 Å². The number of nitro groups is 1. The Hall–Kier alpha value is -3.79. The van der Waals surface area contributed by atoms with Crippen molar-refractivity contribution < 1.29 is 9.72 Å². The van der Waals surface area contributed by atoms with Crippen molar-refractivity contribution >= 4 is 39.9 Å². The predicted octanol–water partition coefficient (Wildman–Crippen LogP) is 1.02. The molecule has 3 heterocycles. The van der Waals surface area contributed by atoms with Crippen molar-refractivity contribution in [1.29, 1.82) is 0 Å². The maximum atomic E-state index is 13.1. The fourth-order valence-corrected chi connectivity index (χ4v) is 4.51. The number of hydrogen-bond acceptors (Lipinski definition) is 7. The number of fused-ring (bicyclic) bond motifs is 2. The molecule has 0 radical (unpaired) electrons. The zero-order valence-electron chi connectivity index (χ0n) is 14.9. The number of nitrogens with zero attached hydrogens (tertiary/aromatic N) is 4. The lowest BCUT2D eigenvalue weighted by Crippen LogP contribution is -2.43. The molecule has 144 valence electrons. The molecule has 9 nitrogen and oxygen atoms in total. The lowest BCUT2D eigenvalue weighted by atomic mass is 10.1. The van der Waals surface area contributed by atoms with Gasteiger partial charge in [0.1, 0.15) is 17.9 Å². The van der Waals surface area contributed by atoms with Gasteiger partial charge in [-0.05, 0) is 18.2 Å². The van der Waals surface area contributed by atoms with E-state index in [2.05, 4.69) is 10.3 Å². The number of aromatic nitrogens is 1. The van der Waals surface area contributed by atoms with Crippen LogP contribution in [0.15, 0.2) is 58.3 Å². The highest BCUT2D eigenvalue weighted by Crippen LogP contribution is 2.29. The first-order chi connectivity index (χ1) is 14.0. The molecule has 1 amide bonds. The summed E-state index contributed by atoms with van der Waals surface area (Å²) in [7, 11) is 0. The minimum absolute atomic E-state index is 0.000634. The third-order valence-corrected chi connectivity index (χ3v) is 5.99. The van der Waals surface area contributed by atoms with Crippen molar-refractivity contribution in [1.82, 2.24) is 4.57 Å². The number of thiazole rings is 1. The van der Waals surface area contributed by atoms with E-state index in [1.165, 1.54) is 28.0 Å². The van der Waals surface area contributed by atoms with E-state index in [-0.39, 0.29) is 23.8 Å². The normalized spacial score (nSPS) is 16.7. The summed E-state index contributed by atoms with van der Waals surface area (Å²) < 4.78 is 1.88. The van der Waals surface area contributed by atoms with Crippen LogP contribution in [0.4, 0.5) is 17.1 Å². The number of benzene rings is 2. The number of amides is 1. The first-order valence-electron chi connectivity index (χ1n) is 8.71. The molecule has 0 aliphatic carbocycles. The molecule has 2 aliphatic rings. The molecule has 0 atom stereocenters. The van der Waals surface area contributed by atoms with Crippen LogP contribution in [0.25, 0.3) is 5.57 Å². The van der Waals surface area contributed by atoms with Gasteiger partial charge in [-0.15, -0.1) is 0 Å². The summed E-state index contributed by atoms with van der Waals surface area (Å²) in [5, 5.41) is 13.6. The molecular weight excluding hydrogens is 394 g/mol. The van der Waals surface area contributed by atoms with Gasteiger partial charge in [-0.1, -0.05) is 29.5 Å². The van der Waals surface area contributed by atoms with Gasteiger partial charge in [0.2, 0.25) is 0 Å². The Balaban J connectivity index is 1.58. The highest BCUT2D eigenvalue weighted by Gasteiger charge is 2.27. The number of hydrogen-bond donors (Lipinski definition) is 1. The SMILES string of the molecule is O=C1Nc2ccccc2/C1=c1/sc2n(c1=O)CN(c1ccc([N+](=O)[O-])cc1)CN=2. The standard InChI is InChI=1S/C19H13N5O4S/c25-17-15(13-3-1-2-4-14(13)21-17)16-18(26)23-10-22(9-20-19(23)29-16)11-5-7-12(8-6-11)24(27)28/h1-8H,9-10H2,(H,21,25)/b16-15-. The molecule has 2 aromatic carbocycles. The molecule has 0 saturated heterocycles. The molecule has 5 rings (SSSR count). The quantitative estimate of drug-likeness (QED) is 0.504. The van der Waals surface area contributed by atoms with Gasteiger partial charge in [0.05, 0.1) is 10.5 Å². The zero-order valence-corrected chi connectivity index (χ0v) is 15.7.